The minimum Gasteiger partial charge on any atom is -0.466 e. The number of carbonyl (C=O) groups is 4. The largest absolute Gasteiger partial charge is 0.466 e. The third-order valence-corrected chi connectivity index (χ3v) is 12.3. The van der Waals surface area contributed by atoms with E-state index in [2.05, 4.69) is 4.74 Å². The van der Waals surface area contributed by atoms with Crippen LogP contribution in [0.25, 0.3) is 0 Å². The topological polar surface area (TPSA) is 105 Å². The van der Waals surface area contributed by atoms with Crippen molar-refractivity contribution in [2.75, 3.05) is 6.61 Å². The summed E-state index contributed by atoms with van der Waals surface area (Å²) < 4.78 is 22.3. The second kappa shape index (κ2) is 12.3. The molecule has 1 saturated heterocycles. The van der Waals surface area contributed by atoms with Gasteiger partial charge in [0.1, 0.15) is 6.10 Å². The Labute approximate surface area is 257 Å². The average molecular weight is 603 g/mol. The van der Waals surface area contributed by atoms with Gasteiger partial charge in [-0.05, 0) is 113 Å². The van der Waals surface area contributed by atoms with Gasteiger partial charge in [0, 0.05) is 13.3 Å². The second-order valence-electron chi connectivity index (χ2n) is 14.6. The van der Waals surface area contributed by atoms with E-state index in [9.17, 15) is 19.2 Å². The number of carbonyl (C=O) groups excluding carboxylic acids is 4. The first kappa shape index (κ1) is 32.3. The quantitative estimate of drug-likeness (QED) is 0.177. The number of esters is 4. The molecule has 8 heteroatoms. The minimum absolute atomic E-state index is 0.0381. The van der Waals surface area contributed by atoms with E-state index in [1.807, 2.05) is 34.6 Å². The second-order valence-corrected chi connectivity index (χ2v) is 14.6. The molecule has 0 aromatic heterocycles. The van der Waals surface area contributed by atoms with Crippen LogP contribution >= 0.6 is 0 Å². The van der Waals surface area contributed by atoms with Gasteiger partial charge in [-0.25, -0.2) is 0 Å². The number of hydrogen-bond acceptors (Lipinski definition) is 8. The van der Waals surface area contributed by atoms with Crippen molar-refractivity contribution in [1.82, 2.24) is 0 Å². The lowest BCUT2D eigenvalue weighted by molar-refractivity contribution is -0.226. The Kier molecular flexibility index (Phi) is 9.27. The van der Waals surface area contributed by atoms with Crippen LogP contribution in [0.5, 0.6) is 0 Å². The molecule has 7 aliphatic rings. The zero-order chi connectivity index (χ0) is 31.3. The third kappa shape index (κ3) is 5.51. The van der Waals surface area contributed by atoms with Gasteiger partial charge in [0.25, 0.3) is 5.79 Å². The SMILES string of the molecule is CC.CCC(CC(C)C(=O)OC1CC2CC1C1C3CCC(C3)C21)C(=O)OC12CC3CC1C(C)(C3)C(=O)O2.CCOC(C)=O. The molecule has 13 atom stereocenters. The minimum atomic E-state index is -1.08. The van der Waals surface area contributed by atoms with Gasteiger partial charge in [0.2, 0.25) is 0 Å². The molecule has 6 aliphatic carbocycles. The average Bonchev–Trinajstić information content (AvgIpc) is 3.81. The predicted octanol–water partition coefficient (Wildman–Crippen LogP) is 6.48. The fourth-order valence-corrected chi connectivity index (χ4v) is 10.8. The highest BCUT2D eigenvalue weighted by Gasteiger charge is 2.74. The highest BCUT2D eigenvalue weighted by atomic mass is 16.7. The van der Waals surface area contributed by atoms with E-state index in [-0.39, 0.29) is 41.8 Å². The number of rotatable bonds is 8. The number of ether oxygens (including phenoxy) is 4. The molecule has 242 valence electrons. The molecule has 0 aromatic carbocycles. The van der Waals surface area contributed by atoms with E-state index in [1.54, 1.807) is 6.92 Å². The first-order valence-electron chi connectivity index (χ1n) is 17.3. The fourth-order valence-electron chi connectivity index (χ4n) is 10.8. The molecule has 0 spiro atoms. The molecule has 13 unspecified atom stereocenters. The molecule has 0 N–H and O–H groups in total. The lowest BCUT2D eigenvalue weighted by Crippen LogP contribution is -2.43. The molecule has 6 saturated carbocycles. The third-order valence-electron chi connectivity index (χ3n) is 12.3. The van der Waals surface area contributed by atoms with Gasteiger partial charge in [-0.2, -0.15) is 0 Å². The highest BCUT2D eigenvalue weighted by Crippen LogP contribution is 2.68. The summed E-state index contributed by atoms with van der Waals surface area (Å²) in [5.41, 5.74) is -0.513. The van der Waals surface area contributed by atoms with E-state index >= 15 is 0 Å². The molecule has 43 heavy (non-hydrogen) atoms. The van der Waals surface area contributed by atoms with Crippen molar-refractivity contribution < 1.29 is 38.1 Å². The Morgan fingerprint density at radius 2 is 1.65 bits per heavy atom. The van der Waals surface area contributed by atoms with Crippen LogP contribution < -0.4 is 0 Å². The van der Waals surface area contributed by atoms with Crippen molar-refractivity contribution in [3.05, 3.63) is 0 Å². The first-order valence-corrected chi connectivity index (χ1v) is 17.3. The van der Waals surface area contributed by atoms with Crippen molar-refractivity contribution in [3.8, 4) is 0 Å². The van der Waals surface area contributed by atoms with Crippen molar-refractivity contribution in [3.63, 3.8) is 0 Å². The van der Waals surface area contributed by atoms with Crippen LogP contribution in [-0.2, 0) is 38.1 Å². The summed E-state index contributed by atoms with van der Waals surface area (Å²) in [6.45, 7) is 13.5. The smallest absolute Gasteiger partial charge is 0.315 e. The summed E-state index contributed by atoms with van der Waals surface area (Å²) in [6, 6.07) is 0. The number of hydrogen-bond donors (Lipinski definition) is 0. The molecule has 6 bridgehead atoms. The lowest BCUT2D eigenvalue weighted by Gasteiger charge is -2.38. The normalized spacial score (nSPS) is 43.0. The van der Waals surface area contributed by atoms with Crippen molar-refractivity contribution >= 4 is 23.9 Å². The summed E-state index contributed by atoms with van der Waals surface area (Å²) in [5, 5.41) is 0. The predicted molar refractivity (Wildman–Crippen MR) is 159 cm³/mol. The van der Waals surface area contributed by atoms with Crippen molar-refractivity contribution in [1.29, 1.82) is 0 Å². The molecule has 7 rings (SSSR count). The van der Waals surface area contributed by atoms with Crippen LogP contribution in [0.3, 0.4) is 0 Å². The maximum absolute atomic E-state index is 13.2. The summed E-state index contributed by atoms with van der Waals surface area (Å²) in [6.07, 6.45) is 9.94. The van der Waals surface area contributed by atoms with Gasteiger partial charge in [0.15, 0.2) is 0 Å². The van der Waals surface area contributed by atoms with Gasteiger partial charge >= 0.3 is 23.9 Å². The molecule has 0 aromatic rings. The van der Waals surface area contributed by atoms with Crippen LogP contribution in [-0.4, -0.2) is 42.4 Å². The van der Waals surface area contributed by atoms with E-state index in [0.717, 1.165) is 48.9 Å². The van der Waals surface area contributed by atoms with E-state index in [1.165, 1.54) is 32.6 Å². The van der Waals surface area contributed by atoms with Crippen molar-refractivity contribution in [2.45, 2.75) is 125 Å². The van der Waals surface area contributed by atoms with E-state index in [4.69, 9.17) is 14.2 Å². The molecular weight excluding hydrogens is 548 g/mol. The van der Waals surface area contributed by atoms with Crippen LogP contribution in [0.15, 0.2) is 0 Å². The molecule has 0 amide bonds. The zero-order valence-electron chi connectivity index (χ0n) is 27.4. The summed E-state index contributed by atoms with van der Waals surface area (Å²) in [4.78, 5) is 48.7. The van der Waals surface area contributed by atoms with Gasteiger partial charge in [0.05, 0.1) is 29.8 Å². The monoisotopic (exact) mass is 602 g/mol. The Bertz CT molecular complexity index is 1090. The van der Waals surface area contributed by atoms with Gasteiger partial charge in [-0.1, -0.05) is 27.7 Å². The highest BCUT2D eigenvalue weighted by molar-refractivity contribution is 5.82. The fraction of sp³-hybridized carbons (Fsp3) is 0.886. The Hall–Kier alpha value is -2.12. The molecule has 0 radical (unpaired) electrons. The maximum Gasteiger partial charge on any atom is 0.315 e. The van der Waals surface area contributed by atoms with Crippen LogP contribution in [0.4, 0.5) is 0 Å². The molecule has 7 fully saturated rings. The standard InChI is InChI=1S/C29H40O6.C4H8O2.C2H6/c1-4-16(26(31)34-29-13-15-8-22(29)28(3,12-15)27(32)35-29)7-14(2)25(30)33-21-11-19-10-20(21)24-18-6-5-17(9-18)23(19)24;1-3-6-4(2)5;1-2/h14-24H,4-13H2,1-3H3;3H2,1-2H3;1-2H3. The molecular formula is C35H54O8. The van der Waals surface area contributed by atoms with Crippen molar-refractivity contribution in [2.24, 2.45) is 64.6 Å². The lowest BCUT2D eigenvalue weighted by atomic mass is 9.70. The Morgan fingerprint density at radius 3 is 2.26 bits per heavy atom. The van der Waals surface area contributed by atoms with Crippen LogP contribution in [0.1, 0.15) is 113 Å². The Morgan fingerprint density at radius 1 is 0.953 bits per heavy atom. The van der Waals surface area contributed by atoms with Crippen LogP contribution in [0.2, 0.25) is 0 Å². The van der Waals surface area contributed by atoms with E-state index < -0.39 is 17.1 Å². The molecule has 1 aliphatic heterocycles. The number of fused-ring (bicyclic) bond motifs is 10. The zero-order valence-corrected chi connectivity index (χ0v) is 27.4. The summed E-state index contributed by atoms with van der Waals surface area (Å²) in [5.74, 6) is 2.42. The maximum atomic E-state index is 13.2. The summed E-state index contributed by atoms with van der Waals surface area (Å²) in [7, 11) is 0. The van der Waals surface area contributed by atoms with E-state index in [0.29, 0.717) is 37.7 Å². The molecule has 8 nitrogen and oxygen atoms in total. The first-order chi connectivity index (χ1) is 20.5. The van der Waals surface area contributed by atoms with Gasteiger partial charge < -0.3 is 18.9 Å². The van der Waals surface area contributed by atoms with Gasteiger partial charge in [-0.3, -0.25) is 19.2 Å². The molecule has 1 heterocycles. The van der Waals surface area contributed by atoms with Crippen LogP contribution in [0, 0.1) is 64.6 Å². The summed E-state index contributed by atoms with van der Waals surface area (Å²) >= 11 is 0. The van der Waals surface area contributed by atoms with Gasteiger partial charge in [-0.15, -0.1) is 0 Å². The Balaban J connectivity index is 0.000000414.